The van der Waals surface area contributed by atoms with E-state index in [1.807, 2.05) is 0 Å². The minimum atomic E-state index is 0.424. The lowest BCUT2D eigenvalue weighted by atomic mass is 10.0. The van der Waals surface area contributed by atoms with Crippen molar-refractivity contribution < 1.29 is 0 Å². The molecule has 0 aromatic heterocycles. The van der Waals surface area contributed by atoms with Crippen molar-refractivity contribution in [1.29, 1.82) is 0 Å². The van der Waals surface area contributed by atoms with Gasteiger partial charge in [0.1, 0.15) is 0 Å². The second kappa shape index (κ2) is 6.69. The Morgan fingerprint density at radius 2 is 2.06 bits per heavy atom. The van der Waals surface area contributed by atoms with Crippen LogP contribution in [-0.4, -0.2) is 31.1 Å². The summed E-state index contributed by atoms with van der Waals surface area (Å²) in [5.74, 6) is 0. The van der Waals surface area contributed by atoms with Gasteiger partial charge >= 0.3 is 0 Å². The van der Waals surface area contributed by atoms with E-state index in [9.17, 15) is 0 Å². The van der Waals surface area contributed by atoms with Crippen LogP contribution >= 0.6 is 15.9 Å². The first-order chi connectivity index (χ1) is 8.66. The van der Waals surface area contributed by atoms with Crippen LogP contribution in [0.1, 0.15) is 37.8 Å². The Morgan fingerprint density at radius 3 is 2.72 bits per heavy atom. The third-order valence-electron chi connectivity index (χ3n) is 3.95. The van der Waals surface area contributed by atoms with Gasteiger partial charge < -0.3 is 10.2 Å². The van der Waals surface area contributed by atoms with Crippen molar-refractivity contribution in [3.63, 3.8) is 0 Å². The minimum absolute atomic E-state index is 0.424. The Morgan fingerprint density at radius 1 is 1.33 bits per heavy atom. The fourth-order valence-electron chi connectivity index (χ4n) is 2.58. The summed E-state index contributed by atoms with van der Waals surface area (Å²) in [5.41, 5.74) is 1.36. The van der Waals surface area contributed by atoms with Gasteiger partial charge in [0.2, 0.25) is 0 Å². The number of benzene rings is 1. The third-order valence-corrected chi connectivity index (χ3v) is 4.48. The predicted molar refractivity (Wildman–Crippen MR) is 80.8 cm³/mol. The molecule has 3 heteroatoms. The van der Waals surface area contributed by atoms with Gasteiger partial charge in [-0.3, -0.25) is 0 Å². The summed E-state index contributed by atoms with van der Waals surface area (Å²) >= 11 is 3.48. The van der Waals surface area contributed by atoms with E-state index < -0.39 is 0 Å². The third kappa shape index (κ3) is 3.81. The molecular weight excluding hydrogens is 288 g/mol. The molecule has 1 fully saturated rings. The maximum atomic E-state index is 3.66. The van der Waals surface area contributed by atoms with Crippen LogP contribution < -0.4 is 5.32 Å². The number of rotatable bonds is 4. The molecule has 100 valence electrons. The molecule has 1 aliphatic rings. The van der Waals surface area contributed by atoms with E-state index in [4.69, 9.17) is 0 Å². The van der Waals surface area contributed by atoms with Crippen LogP contribution in [0.25, 0.3) is 0 Å². The van der Waals surface area contributed by atoms with Crippen molar-refractivity contribution >= 4 is 15.9 Å². The van der Waals surface area contributed by atoms with Gasteiger partial charge in [-0.1, -0.05) is 34.5 Å². The van der Waals surface area contributed by atoms with Crippen molar-refractivity contribution in [2.45, 2.75) is 38.3 Å². The highest BCUT2D eigenvalue weighted by Gasteiger charge is 2.19. The van der Waals surface area contributed by atoms with Crippen LogP contribution in [0, 0.1) is 0 Å². The van der Waals surface area contributed by atoms with E-state index in [1.54, 1.807) is 0 Å². The smallest absolute Gasteiger partial charge is 0.0292 e. The number of likely N-dealkylation sites (tertiary alicyclic amines) is 1. The molecule has 1 aromatic rings. The largest absolute Gasteiger partial charge is 0.309 e. The van der Waals surface area contributed by atoms with Crippen molar-refractivity contribution in [2.24, 2.45) is 0 Å². The monoisotopic (exact) mass is 310 g/mol. The van der Waals surface area contributed by atoms with Gasteiger partial charge in [-0.05, 0) is 51.1 Å². The van der Waals surface area contributed by atoms with Crippen molar-refractivity contribution in [3.8, 4) is 0 Å². The second-order valence-electron chi connectivity index (χ2n) is 5.31. The Bertz CT molecular complexity index is 363. The van der Waals surface area contributed by atoms with Gasteiger partial charge in [0, 0.05) is 23.1 Å². The molecule has 18 heavy (non-hydrogen) atoms. The summed E-state index contributed by atoms with van der Waals surface area (Å²) < 4.78 is 1.14. The summed E-state index contributed by atoms with van der Waals surface area (Å²) in [4.78, 5) is 2.49. The number of likely N-dealkylation sites (N-methyl/N-ethyl adjacent to an activating group) is 1. The Kier molecular flexibility index (Phi) is 5.22. The molecule has 1 saturated heterocycles. The molecule has 0 radical (unpaired) electrons. The van der Waals surface area contributed by atoms with Crippen molar-refractivity contribution in [1.82, 2.24) is 10.2 Å². The normalized spacial score (nSPS) is 22.9. The van der Waals surface area contributed by atoms with Crippen molar-refractivity contribution in [2.75, 3.05) is 20.1 Å². The zero-order valence-electron chi connectivity index (χ0n) is 11.3. The Labute approximate surface area is 119 Å². The Hall–Kier alpha value is -0.380. The van der Waals surface area contributed by atoms with E-state index in [1.165, 1.54) is 31.4 Å². The molecule has 1 aromatic carbocycles. The molecule has 0 bridgehead atoms. The molecule has 2 nitrogen and oxygen atoms in total. The van der Waals surface area contributed by atoms with Crippen LogP contribution in [0.15, 0.2) is 28.7 Å². The highest BCUT2D eigenvalue weighted by atomic mass is 79.9. The minimum Gasteiger partial charge on any atom is -0.309 e. The van der Waals surface area contributed by atoms with Gasteiger partial charge in [-0.15, -0.1) is 0 Å². The molecule has 2 rings (SSSR count). The lowest BCUT2D eigenvalue weighted by Gasteiger charge is -2.33. The van der Waals surface area contributed by atoms with Gasteiger partial charge in [-0.2, -0.15) is 0 Å². The number of halogens is 1. The maximum Gasteiger partial charge on any atom is 0.0292 e. The number of hydrogen-bond acceptors (Lipinski definition) is 2. The summed E-state index contributed by atoms with van der Waals surface area (Å²) in [7, 11) is 2.25. The molecule has 2 atom stereocenters. The lowest BCUT2D eigenvalue weighted by molar-refractivity contribution is 0.178. The average molecular weight is 311 g/mol. The van der Waals surface area contributed by atoms with Crippen LogP contribution in [-0.2, 0) is 0 Å². The molecular formula is C15H23BrN2. The van der Waals surface area contributed by atoms with Crippen LogP contribution in [0.3, 0.4) is 0 Å². The van der Waals surface area contributed by atoms with Crippen LogP contribution in [0.2, 0.25) is 0 Å². The molecule has 0 aliphatic carbocycles. The average Bonchev–Trinajstić information content (AvgIpc) is 2.38. The lowest BCUT2D eigenvalue weighted by Crippen LogP contribution is -2.43. The SMILES string of the molecule is C[C@H](NCC1CCCCN1C)c1ccc(Br)cc1. The van der Waals surface area contributed by atoms with E-state index in [2.05, 4.69) is 64.4 Å². The first kappa shape index (κ1) is 14.0. The van der Waals surface area contributed by atoms with Gasteiger partial charge in [0.05, 0.1) is 0 Å². The Balaban J connectivity index is 1.83. The topological polar surface area (TPSA) is 15.3 Å². The zero-order valence-corrected chi connectivity index (χ0v) is 12.9. The number of nitrogens with zero attached hydrogens (tertiary/aromatic N) is 1. The van der Waals surface area contributed by atoms with Gasteiger partial charge in [0.25, 0.3) is 0 Å². The van der Waals surface area contributed by atoms with E-state index >= 15 is 0 Å². The maximum absolute atomic E-state index is 3.66. The molecule has 1 heterocycles. The molecule has 0 saturated carbocycles. The molecule has 0 amide bonds. The second-order valence-corrected chi connectivity index (χ2v) is 6.23. The number of nitrogens with one attached hydrogen (secondary N) is 1. The van der Waals surface area contributed by atoms with E-state index in [0.717, 1.165) is 11.0 Å². The summed E-state index contributed by atoms with van der Waals surface area (Å²) in [6, 6.07) is 9.73. The van der Waals surface area contributed by atoms with Gasteiger partial charge in [-0.25, -0.2) is 0 Å². The standard InChI is InChI=1S/C15H23BrN2/c1-12(13-6-8-14(16)9-7-13)17-11-15-5-3-4-10-18(15)2/h6-9,12,15,17H,3-5,10-11H2,1-2H3/t12-,15?/m0/s1. The highest BCUT2D eigenvalue weighted by Crippen LogP contribution is 2.18. The summed E-state index contributed by atoms with van der Waals surface area (Å²) in [6.45, 7) is 4.58. The van der Waals surface area contributed by atoms with Crippen LogP contribution in [0.5, 0.6) is 0 Å². The molecule has 0 spiro atoms. The fourth-order valence-corrected chi connectivity index (χ4v) is 2.85. The zero-order chi connectivity index (χ0) is 13.0. The quantitative estimate of drug-likeness (QED) is 0.914. The first-order valence-electron chi connectivity index (χ1n) is 6.86. The molecule has 1 N–H and O–H groups in total. The molecule has 1 unspecified atom stereocenters. The number of hydrogen-bond donors (Lipinski definition) is 1. The number of piperidine rings is 1. The summed E-state index contributed by atoms with van der Waals surface area (Å²) in [5, 5.41) is 3.66. The van der Waals surface area contributed by atoms with Crippen molar-refractivity contribution in [3.05, 3.63) is 34.3 Å². The van der Waals surface area contributed by atoms with Crippen LogP contribution in [0.4, 0.5) is 0 Å². The first-order valence-corrected chi connectivity index (χ1v) is 7.65. The highest BCUT2D eigenvalue weighted by molar-refractivity contribution is 9.10. The summed E-state index contributed by atoms with van der Waals surface area (Å²) in [6.07, 6.45) is 4.06. The van der Waals surface area contributed by atoms with Gasteiger partial charge in [0.15, 0.2) is 0 Å². The fraction of sp³-hybridized carbons (Fsp3) is 0.600. The predicted octanol–water partition coefficient (Wildman–Crippen LogP) is 3.58. The van der Waals surface area contributed by atoms with E-state index in [-0.39, 0.29) is 0 Å². The molecule has 1 aliphatic heterocycles. The van der Waals surface area contributed by atoms with E-state index in [0.29, 0.717) is 12.1 Å².